The molecule has 2 aromatic rings. The first kappa shape index (κ1) is 16.6. The summed E-state index contributed by atoms with van der Waals surface area (Å²) in [5.74, 6) is 1.53. The molecule has 3 rings (SSSR count). The second-order valence-corrected chi connectivity index (χ2v) is 6.24. The molecule has 0 saturated heterocycles. The smallest absolute Gasteiger partial charge is 0.224 e. The fraction of sp³-hybridized carbons (Fsp3) is 0.474. The molecule has 5 heteroatoms. The van der Waals surface area contributed by atoms with E-state index < -0.39 is 0 Å². The molecule has 1 aliphatic rings. The molecule has 24 heavy (non-hydrogen) atoms. The maximum absolute atomic E-state index is 4.58. The molecule has 0 spiro atoms. The summed E-state index contributed by atoms with van der Waals surface area (Å²) >= 11 is 0. The van der Waals surface area contributed by atoms with E-state index in [1.807, 2.05) is 6.07 Å². The van der Waals surface area contributed by atoms with Crippen LogP contribution in [0.2, 0.25) is 0 Å². The molecule has 5 nitrogen and oxygen atoms in total. The molecule has 1 fully saturated rings. The highest BCUT2D eigenvalue weighted by atomic mass is 15.2. The molecule has 0 bridgehead atoms. The first-order valence-electron chi connectivity index (χ1n) is 9.00. The molecular formula is C19H27N5. The van der Waals surface area contributed by atoms with Gasteiger partial charge in [0, 0.05) is 36.7 Å². The maximum Gasteiger partial charge on any atom is 0.224 e. The van der Waals surface area contributed by atoms with Crippen LogP contribution in [0.4, 0.5) is 23.1 Å². The van der Waals surface area contributed by atoms with Gasteiger partial charge in [-0.15, -0.1) is 0 Å². The predicted octanol–water partition coefficient (Wildman–Crippen LogP) is 4.42. The number of rotatable bonds is 7. The summed E-state index contributed by atoms with van der Waals surface area (Å²) in [5.41, 5.74) is 2.29. The Hall–Kier alpha value is -2.30. The van der Waals surface area contributed by atoms with Gasteiger partial charge in [-0.3, -0.25) is 0 Å². The van der Waals surface area contributed by atoms with Crippen molar-refractivity contribution in [2.75, 3.05) is 28.6 Å². The van der Waals surface area contributed by atoms with Gasteiger partial charge >= 0.3 is 0 Å². The van der Waals surface area contributed by atoms with Crippen LogP contribution in [0.15, 0.2) is 36.5 Å². The van der Waals surface area contributed by atoms with E-state index in [0.29, 0.717) is 12.0 Å². The molecule has 1 aliphatic carbocycles. The van der Waals surface area contributed by atoms with E-state index in [9.17, 15) is 0 Å². The Labute approximate surface area is 144 Å². The van der Waals surface area contributed by atoms with Crippen molar-refractivity contribution in [3.8, 4) is 0 Å². The molecule has 1 heterocycles. The molecule has 128 valence electrons. The van der Waals surface area contributed by atoms with Gasteiger partial charge in [-0.1, -0.05) is 12.8 Å². The van der Waals surface area contributed by atoms with Crippen molar-refractivity contribution in [1.29, 1.82) is 0 Å². The molecule has 0 radical (unpaired) electrons. The second-order valence-electron chi connectivity index (χ2n) is 6.24. The summed E-state index contributed by atoms with van der Waals surface area (Å²) in [6.07, 6.45) is 6.83. The molecule has 1 aromatic heterocycles. The largest absolute Gasteiger partial charge is 0.372 e. The first-order valence-corrected chi connectivity index (χ1v) is 9.00. The van der Waals surface area contributed by atoms with Crippen LogP contribution in [-0.2, 0) is 0 Å². The van der Waals surface area contributed by atoms with Gasteiger partial charge in [0.1, 0.15) is 5.82 Å². The van der Waals surface area contributed by atoms with Crippen molar-refractivity contribution in [3.05, 3.63) is 36.5 Å². The van der Waals surface area contributed by atoms with Gasteiger partial charge in [0.15, 0.2) is 0 Å². The average Bonchev–Trinajstić information content (AvgIpc) is 3.11. The normalized spacial score (nSPS) is 14.6. The Morgan fingerprint density at radius 2 is 1.75 bits per heavy atom. The quantitative estimate of drug-likeness (QED) is 0.789. The van der Waals surface area contributed by atoms with Crippen LogP contribution >= 0.6 is 0 Å². The third-order valence-electron chi connectivity index (χ3n) is 4.61. The summed E-state index contributed by atoms with van der Waals surface area (Å²) in [5, 5.41) is 6.80. The highest BCUT2D eigenvalue weighted by Gasteiger charge is 2.15. The van der Waals surface area contributed by atoms with Crippen LogP contribution in [0.5, 0.6) is 0 Å². The molecule has 2 N–H and O–H groups in total. The molecule has 0 unspecified atom stereocenters. The number of benzene rings is 1. The fourth-order valence-electron chi connectivity index (χ4n) is 3.24. The molecule has 0 aliphatic heterocycles. The monoisotopic (exact) mass is 325 g/mol. The Balaban J connectivity index is 1.64. The average molecular weight is 325 g/mol. The maximum atomic E-state index is 4.58. The van der Waals surface area contributed by atoms with Crippen molar-refractivity contribution < 1.29 is 0 Å². The molecule has 0 amide bonds. The van der Waals surface area contributed by atoms with Crippen LogP contribution in [0.3, 0.4) is 0 Å². The Bertz CT molecular complexity index is 630. The number of hydrogen-bond donors (Lipinski definition) is 2. The van der Waals surface area contributed by atoms with E-state index in [-0.39, 0.29) is 0 Å². The number of nitrogens with zero attached hydrogens (tertiary/aromatic N) is 3. The summed E-state index contributed by atoms with van der Waals surface area (Å²) in [7, 11) is 0. The van der Waals surface area contributed by atoms with E-state index in [0.717, 1.165) is 24.6 Å². The highest BCUT2D eigenvalue weighted by Crippen LogP contribution is 2.23. The van der Waals surface area contributed by atoms with E-state index in [4.69, 9.17) is 0 Å². The van der Waals surface area contributed by atoms with Gasteiger partial charge in [0.25, 0.3) is 0 Å². The lowest BCUT2D eigenvalue weighted by atomic mass is 10.2. The summed E-state index contributed by atoms with van der Waals surface area (Å²) in [4.78, 5) is 11.2. The zero-order valence-electron chi connectivity index (χ0n) is 14.6. The molecule has 0 atom stereocenters. The minimum atomic E-state index is 0.522. The van der Waals surface area contributed by atoms with Gasteiger partial charge in [-0.05, 0) is 57.0 Å². The predicted molar refractivity (Wildman–Crippen MR) is 101 cm³/mol. The Kier molecular flexibility index (Phi) is 5.51. The van der Waals surface area contributed by atoms with Crippen molar-refractivity contribution in [2.45, 2.75) is 45.6 Å². The highest BCUT2D eigenvalue weighted by molar-refractivity contribution is 5.61. The zero-order chi connectivity index (χ0) is 16.8. The van der Waals surface area contributed by atoms with Gasteiger partial charge in [0.05, 0.1) is 0 Å². The first-order chi connectivity index (χ1) is 11.8. The summed E-state index contributed by atoms with van der Waals surface area (Å²) < 4.78 is 0. The third kappa shape index (κ3) is 4.16. The standard InChI is InChI=1S/C19H27N5/c1-3-24(4-2)17-11-9-16(10-12-17)21-18-13-14-20-19(23-18)22-15-7-5-6-8-15/h9-15H,3-8H2,1-2H3,(H2,20,21,22,23). The van der Waals surface area contributed by atoms with Gasteiger partial charge < -0.3 is 15.5 Å². The van der Waals surface area contributed by atoms with Crippen molar-refractivity contribution in [3.63, 3.8) is 0 Å². The van der Waals surface area contributed by atoms with Gasteiger partial charge in [0.2, 0.25) is 5.95 Å². The van der Waals surface area contributed by atoms with Crippen LogP contribution < -0.4 is 15.5 Å². The lowest BCUT2D eigenvalue weighted by Gasteiger charge is -2.21. The number of anilines is 4. The third-order valence-corrected chi connectivity index (χ3v) is 4.61. The van der Waals surface area contributed by atoms with E-state index in [1.54, 1.807) is 6.20 Å². The van der Waals surface area contributed by atoms with Crippen LogP contribution in [0.25, 0.3) is 0 Å². The Morgan fingerprint density at radius 1 is 1.04 bits per heavy atom. The van der Waals surface area contributed by atoms with Crippen molar-refractivity contribution in [1.82, 2.24) is 9.97 Å². The Morgan fingerprint density at radius 3 is 2.42 bits per heavy atom. The summed E-state index contributed by atoms with van der Waals surface area (Å²) in [6, 6.07) is 10.9. The summed E-state index contributed by atoms with van der Waals surface area (Å²) in [6.45, 7) is 6.39. The lowest BCUT2D eigenvalue weighted by molar-refractivity contribution is 0.744. The number of aromatic nitrogens is 2. The second kappa shape index (κ2) is 7.99. The van der Waals surface area contributed by atoms with Crippen LogP contribution in [0, 0.1) is 0 Å². The van der Waals surface area contributed by atoms with Gasteiger partial charge in [-0.25, -0.2) is 4.98 Å². The lowest BCUT2D eigenvalue weighted by Crippen LogP contribution is -2.21. The zero-order valence-corrected chi connectivity index (χ0v) is 14.6. The number of nitrogens with one attached hydrogen (secondary N) is 2. The minimum Gasteiger partial charge on any atom is -0.372 e. The molecule has 1 saturated carbocycles. The minimum absolute atomic E-state index is 0.522. The number of hydrogen-bond acceptors (Lipinski definition) is 5. The fourth-order valence-corrected chi connectivity index (χ4v) is 3.24. The van der Waals surface area contributed by atoms with Gasteiger partial charge in [-0.2, -0.15) is 4.98 Å². The van der Waals surface area contributed by atoms with Crippen molar-refractivity contribution in [2.24, 2.45) is 0 Å². The van der Waals surface area contributed by atoms with E-state index in [1.165, 1.54) is 31.4 Å². The van der Waals surface area contributed by atoms with Crippen LogP contribution in [0.1, 0.15) is 39.5 Å². The SMILES string of the molecule is CCN(CC)c1ccc(Nc2ccnc(NC3CCCC3)n2)cc1. The van der Waals surface area contributed by atoms with Crippen LogP contribution in [-0.4, -0.2) is 29.1 Å². The van der Waals surface area contributed by atoms with E-state index >= 15 is 0 Å². The molecular weight excluding hydrogens is 298 g/mol. The molecule has 1 aromatic carbocycles. The topological polar surface area (TPSA) is 53.1 Å². The van der Waals surface area contributed by atoms with E-state index in [2.05, 4.69) is 63.6 Å². The van der Waals surface area contributed by atoms with Crippen molar-refractivity contribution >= 4 is 23.1 Å².